The summed E-state index contributed by atoms with van der Waals surface area (Å²) < 4.78 is 103. The first-order chi connectivity index (χ1) is 5.84. The molecule has 0 fully saturated rings. The Balaban J connectivity index is 4.78. The molecule has 0 N–H and O–H groups in total. The van der Waals surface area contributed by atoms with Gasteiger partial charge in [0.05, 0.1) is 0 Å². The second kappa shape index (κ2) is 3.48. The van der Waals surface area contributed by atoms with Crippen LogP contribution in [0.1, 0.15) is 0 Å². The van der Waals surface area contributed by atoms with Crippen molar-refractivity contribution in [1.29, 1.82) is 0 Å². The van der Waals surface area contributed by atoms with Crippen LogP contribution in [0.4, 0.5) is 39.5 Å². The van der Waals surface area contributed by atoms with Crippen LogP contribution in [0.5, 0.6) is 0 Å². The molecule has 0 radical (unpaired) electrons. The Hall–Kier alpha value is -0.670. The SMILES string of the molecule is FC(F)(F)CN(C(F)(F)F)C(F)(F)F. The van der Waals surface area contributed by atoms with Crippen LogP contribution in [-0.2, 0) is 0 Å². The predicted octanol–water partition coefficient (Wildman–Crippen LogP) is 2.89. The van der Waals surface area contributed by atoms with Gasteiger partial charge in [-0.1, -0.05) is 0 Å². The molecule has 14 heavy (non-hydrogen) atoms. The summed E-state index contributed by atoms with van der Waals surface area (Å²) in [5, 5.41) is 0. The number of halogens is 9. The van der Waals surface area contributed by atoms with Gasteiger partial charge >= 0.3 is 18.8 Å². The molecule has 0 rings (SSSR count). The molecule has 0 amide bonds. The van der Waals surface area contributed by atoms with Crippen LogP contribution < -0.4 is 0 Å². The highest BCUT2D eigenvalue weighted by Gasteiger charge is 2.57. The summed E-state index contributed by atoms with van der Waals surface area (Å²) in [6.45, 7) is -3.11. The van der Waals surface area contributed by atoms with Crippen LogP contribution in [0.15, 0.2) is 0 Å². The minimum atomic E-state index is -6.10. The molecule has 0 aromatic carbocycles. The predicted molar refractivity (Wildman–Crippen MR) is 24.9 cm³/mol. The van der Waals surface area contributed by atoms with Crippen molar-refractivity contribution in [2.45, 2.75) is 18.8 Å². The van der Waals surface area contributed by atoms with E-state index in [2.05, 4.69) is 0 Å². The molecule has 1 nitrogen and oxygen atoms in total. The summed E-state index contributed by atoms with van der Waals surface area (Å²) in [6.07, 6.45) is -17.8. The van der Waals surface area contributed by atoms with Gasteiger partial charge in [0.1, 0.15) is 6.54 Å². The van der Waals surface area contributed by atoms with Crippen LogP contribution in [0.3, 0.4) is 0 Å². The Morgan fingerprint density at radius 1 is 0.643 bits per heavy atom. The largest absolute Gasteiger partial charge is 0.467 e. The molecule has 0 heterocycles. The Kier molecular flexibility index (Phi) is 3.31. The van der Waals surface area contributed by atoms with Gasteiger partial charge in [-0.15, -0.1) is 4.90 Å². The fourth-order valence-corrected chi connectivity index (χ4v) is 0.502. The van der Waals surface area contributed by atoms with Crippen LogP contribution in [0.25, 0.3) is 0 Å². The molecule has 0 spiro atoms. The van der Waals surface area contributed by atoms with E-state index in [-0.39, 0.29) is 0 Å². The molecule has 86 valence electrons. The molecule has 0 atom stereocenters. The van der Waals surface area contributed by atoms with Crippen molar-refractivity contribution >= 4 is 0 Å². The number of alkyl halides is 9. The van der Waals surface area contributed by atoms with Gasteiger partial charge in [0.15, 0.2) is 0 Å². The molecule has 0 aromatic heterocycles. The van der Waals surface area contributed by atoms with Gasteiger partial charge in [0.2, 0.25) is 0 Å². The molecular formula is C4H2F9N. The summed E-state index contributed by atoms with van der Waals surface area (Å²) in [5.41, 5.74) is 0. The van der Waals surface area contributed by atoms with Gasteiger partial charge in [-0.3, -0.25) is 0 Å². The van der Waals surface area contributed by atoms with E-state index < -0.39 is 30.2 Å². The highest BCUT2D eigenvalue weighted by atomic mass is 19.4. The highest BCUT2D eigenvalue weighted by Crippen LogP contribution is 2.35. The number of nitrogens with zero attached hydrogens (tertiary/aromatic N) is 1. The lowest BCUT2D eigenvalue weighted by Gasteiger charge is -2.27. The van der Waals surface area contributed by atoms with Gasteiger partial charge in [-0.25, -0.2) is 0 Å². The third kappa shape index (κ3) is 4.53. The van der Waals surface area contributed by atoms with Crippen molar-refractivity contribution in [3.8, 4) is 0 Å². The maximum atomic E-state index is 11.5. The number of rotatable bonds is 1. The second-order valence-electron chi connectivity index (χ2n) is 2.14. The first-order valence-electron chi connectivity index (χ1n) is 2.82. The van der Waals surface area contributed by atoms with Crippen LogP contribution in [-0.4, -0.2) is 30.2 Å². The number of hydrogen-bond donors (Lipinski definition) is 0. The van der Waals surface area contributed by atoms with Crippen molar-refractivity contribution < 1.29 is 39.5 Å². The molecule has 0 aromatic rings. The van der Waals surface area contributed by atoms with Gasteiger partial charge < -0.3 is 0 Å². The second-order valence-corrected chi connectivity index (χ2v) is 2.14. The zero-order chi connectivity index (χ0) is 11.8. The first kappa shape index (κ1) is 13.3. The summed E-state index contributed by atoms with van der Waals surface area (Å²) in [7, 11) is 0. The third-order valence-electron chi connectivity index (χ3n) is 0.950. The van der Waals surface area contributed by atoms with Gasteiger partial charge in [0, 0.05) is 0 Å². The summed E-state index contributed by atoms with van der Waals surface area (Å²) in [5.74, 6) is 0. The number of hydrogen-bond acceptors (Lipinski definition) is 1. The van der Waals surface area contributed by atoms with Crippen molar-refractivity contribution in [2.75, 3.05) is 6.54 Å². The maximum absolute atomic E-state index is 11.5. The lowest BCUT2D eigenvalue weighted by molar-refractivity contribution is -0.389. The Morgan fingerprint density at radius 3 is 1.00 bits per heavy atom. The smallest absolute Gasteiger partial charge is 0.170 e. The molecular weight excluding hydrogens is 233 g/mol. The Labute approximate surface area is 71.1 Å². The van der Waals surface area contributed by atoms with Crippen molar-refractivity contribution in [2.24, 2.45) is 0 Å². The van der Waals surface area contributed by atoms with Crippen molar-refractivity contribution in [3.05, 3.63) is 0 Å². The zero-order valence-electron chi connectivity index (χ0n) is 6.06. The van der Waals surface area contributed by atoms with E-state index >= 15 is 0 Å². The normalized spacial score (nSPS) is 15.0. The van der Waals surface area contributed by atoms with E-state index in [0.717, 1.165) is 0 Å². The molecule has 10 heteroatoms. The molecule has 0 unspecified atom stereocenters. The minimum Gasteiger partial charge on any atom is -0.170 e. The van der Waals surface area contributed by atoms with E-state index in [1.165, 1.54) is 0 Å². The molecule has 0 saturated carbocycles. The third-order valence-corrected chi connectivity index (χ3v) is 0.950. The molecule has 0 bridgehead atoms. The van der Waals surface area contributed by atoms with E-state index in [0.29, 0.717) is 0 Å². The minimum absolute atomic E-state index is 2.54. The topological polar surface area (TPSA) is 3.24 Å². The summed E-state index contributed by atoms with van der Waals surface area (Å²) in [6, 6.07) is 0. The van der Waals surface area contributed by atoms with Gasteiger partial charge in [-0.2, -0.15) is 39.5 Å². The Morgan fingerprint density at radius 2 is 0.929 bits per heavy atom. The average molecular weight is 235 g/mol. The summed E-state index contributed by atoms with van der Waals surface area (Å²) in [4.78, 5) is -2.54. The highest BCUT2D eigenvalue weighted by molar-refractivity contribution is 4.67. The van der Waals surface area contributed by atoms with E-state index in [9.17, 15) is 39.5 Å². The molecule has 0 aliphatic carbocycles. The standard InChI is InChI=1S/C4H2F9N/c5-2(6,7)1-14(3(8,9)10)4(11,12)13/h1H2. The van der Waals surface area contributed by atoms with Crippen molar-refractivity contribution in [1.82, 2.24) is 4.90 Å². The fraction of sp³-hybridized carbons (Fsp3) is 1.00. The zero-order valence-corrected chi connectivity index (χ0v) is 6.06. The lowest BCUT2D eigenvalue weighted by Crippen LogP contribution is -2.52. The van der Waals surface area contributed by atoms with Crippen LogP contribution in [0.2, 0.25) is 0 Å². The average Bonchev–Trinajstić information content (AvgIpc) is 1.75. The summed E-state index contributed by atoms with van der Waals surface area (Å²) >= 11 is 0. The van der Waals surface area contributed by atoms with Gasteiger partial charge in [-0.05, 0) is 0 Å². The van der Waals surface area contributed by atoms with E-state index in [4.69, 9.17) is 0 Å². The maximum Gasteiger partial charge on any atom is 0.467 e. The van der Waals surface area contributed by atoms with Crippen molar-refractivity contribution in [3.63, 3.8) is 0 Å². The monoisotopic (exact) mass is 235 g/mol. The first-order valence-corrected chi connectivity index (χ1v) is 2.82. The Bertz CT molecular complexity index is 170. The van der Waals surface area contributed by atoms with E-state index in [1.54, 1.807) is 0 Å². The lowest BCUT2D eigenvalue weighted by atomic mass is 10.5. The van der Waals surface area contributed by atoms with Crippen LogP contribution >= 0.6 is 0 Å². The fourth-order valence-electron chi connectivity index (χ4n) is 0.502. The van der Waals surface area contributed by atoms with E-state index in [1.807, 2.05) is 0 Å². The van der Waals surface area contributed by atoms with Gasteiger partial charge in [0.25, 0.3) is 0 Å². The molecule has 0 saturated heterocycles. The molecule has 0 aliphatic rings. The molecule has 0 aliphatic heterocycles. The quantitative estimate of drug-likeness (QED) is 0.499. The van der Waals surface area contributed by atoms with Crippen LogP contribution in [0, 0.1) is 0 Å².